The molecule has 0 saturated heterocycles. The highest BCUT2D eigenvalue weighted by atomic mass is 19.1. The average molecular weight is 274 g/mol. The zero-order valence-corrected chi connectivity index (χ0v) is 10.8. The first-order valence-corrected chi connectivity index (χ1v) is 6.17. The normalized spacial score (nSPS) is 10.1. The molecule has 2 rings (SSSR count). The van der Waals surface area contributed by atoms with Crippen molar-refractivity contribution in [3.8, 4) is 0 Å². The Morgan fingerprint density at radius 2 is 1.85 bits per heavy atom. The van der Waals surface area contributed by atoms with Gasteiger partial charge in [0, 0.05) is 12.2 Å². The van der Waals surface area contributed by atoms with Crippen molar-refractivity contribution in [3.63, 3.8) is 0 Å². The van der Waals surface area contributed by atoms with Crippen LogP contribution in [0, 0.1) is 5.82 Å². The van der Waals surface area contributed by atoms with Gasteiger partial charge in [-0.3, -0.25) is 0 Å². The monoisotopic (exact) mass is 274 g/mol. The Hall–Kier alpha value is -2.40. The summed E-state index contributed by atoms with van der Waals surface area (Å²) in [5, 5.41) is 14.4. The van der Waals surface area contributed by atoms with E-state index in [4.69, 9.17) is 0 Å². The molecule has 0 heterocycles. The van der Waals surface area contributed by atoms with E-state index in [1.54, 1.807) is 12.1 Å². The maximum atomic E-state index is 13.0. The number of aliphatic hydroxyl groups excluding tert-OH is 1. The molecule has 0 radical (unpaired) electrons. The summed E-state index contributed by atoms with van der Waals surface area (Å²) < 4.78 is 13.0. The molecule has 0 bridgehead atoms. The molecule has 0 fully saturated rings. The van der Waals surface area contributed by atoms with Crippen molar-refractivity contribution in [2.45, 2.75) is 13.2 Å². The van der Waals surface area contributed by atoms with E-state index in [0.29, 0.717) is 5.69 Å². The van der Waals surface area contributed by atoms with Crippen molar-refractivity contribution >= 4 is 11.7 Å². The molecule has 104 valence electrons. The number of nitrogens with one attached hydrogen (secondary N) is 2. The number of hydrogen-bond donors (Lipinski definition) is 3. The minimum atomic E-state index is -0.427. The van der Waals surface area contributed by atoms with Crippen LogP contribution >= 0.6 is 0 Å². The molecule has 20 heavy (non-hydrogen) atoms. The van der Waals surface area contributed by atoms with Crippen LogP contribution < -0.4 is 10.6 Å². The molecule has 2 aromatic carbocycles. The highest BCUT2D eigenvalue weighted by Gasteiger charge is 2.04. The molecule has 0 aliphatic carbocycles. The van der Waals surface area contributed by atoms with Gasteiger partial charge in [-0.05, 0) is 29.3 Å². The number of carbonyl (C=O) groups is 1. The minimum Gasteiger partial charge on any atom is -0.392 e. The summed E-state index contributed by atoms with van der Waals surface area (Å²) in [5.74, 6) is -0.409. The van der Waals surface area contributed by atoms with Crippen LogP contribution in [0.4, 0.5) is 14.9 Å². The van der Waals surface area contributed by atoms with Crippen molar-refractivity contribution in [1.29, 1.82) is 0 Å². The van der Waals surface area contributed by atoms with Crippen LogP contribution in [0.3, 0.4) is 0 Å². The molecule has 4 nitrogen and oxygen atoms in total. The lowest BCUT2D eigenvalue weighted by atomic mass is 10.1. The van der Waals surface area contributed by atoms with E-state index < -0.39 is 11.8 Å². The largest absolute Gasteiger partial charge is 0.392 e. The fraction of sp³-hybridized carbons (Fsp3) is 0.133. The second kappa shape index (κ2) is 6.68. The van der Waals surface area contributed by atoms with Gasteiger partial charge < -0.3 is 15.7 Å². The molecular formula is C15H15FN2O2. The van der Waals surface area contributed by atoms with Crippen LogP contribution in [-0.4, -0.2) is 11.1 Å². The van der Waals surface area contributed by atoms with Crippen LogP contribution in [0.5, 0.6) is 0 Å². The number of amides is 2. The van der Waals surface area contributed by atoms with Gasteiger partial charge in [0.05, 0.1) is 6.61 Å². The Kier molecular flexibility index (Phi) is 4.68. The maximum Gasteiger partial charge on any atom is 0.319 e. The van der Waals surface area contributed by atoms with Crippen LogP contribution in [0.2, 0.25) is 0 Å². The number of aliphatic hydroxyl groups is 1. The lowest BCUT2D eigenvalue weighted by Crippen LogP contribution is -2.28. The molecule has 0 unspecified atom stereocenters. The van der Waals surface area contributed by atoms with Gasteiger partial charge >= 0.3 is 6.03 Å². The summed E-state index contributed by atoms with van der Waals surface area (Å²) in [6, 6.07) is 12.5. The van der Waals surface area contributed by atoms with Gasteiger partial charge in [0.2, 0.25) is 0 Å². The van der Waals surface area contributed by atoms with Gasteiger partial charge in [0.25, 0.3) is 0 Å². The maximum absolute atomic E-state index is 13.0. The molecule has 0 aliphatic heterocycles. The van der Waals surface area contributed by atoms with Gasteiger partial charge in [-0.2, -0.15) is 0 Å². The Morgan fingerprint density at radius 3 is 2.55 bits per heavy atom. The molecule has 0 spiro atoms. The van der Waals surface area contributed by atoms with Crippen molar-refractivity contribution in [2.24, 2.45) is 0 Å². The molecule has 2 aromatic rings. The zero-order valence-electron chi connectivity index (χ0n) is 10.8. The molecule has 0 aliphatic rings. The predicted octanol–water partition coefficient (Wildman–Crippen LogP) is 2.64. The van der Waals surface area contributed by atoms with Crippen LogP contribution in [0.15, 0.2) is 48.5 Å². The third kappa shape index (κ3) is 3.80. The lowest BCUT2D eigenvalue weighted by molar-refractivity contribution is 0.251. The highest BCUT2D eigenvalue weighted by Crippen LogP contribution is 2.10. The quantitative estimate of drug-likeness (QED) is 0.802. The summed E-state index contributed by atoms with van der Waals surface area (Å²) in [5.41, 5.74) is 1.99. The van der Waals surface area contributed by atoms with E-state index in [-0.39, 0.29) is 13.2 Å². The highest BCUT2D eigenvalue weighted by molar-refractivity contribution is 5.89. The number of carbonyl (C=O) groups excluding carboxylic acids is 1. The SMILES string of the molecule is O=C(NCc1ccccc1CO)Nc1cccc(F)c1. The van der Waals surface area contributed by atoms with Crippen LogP contribution in [0.1, 0.15) is 11.1 Å². The summed E-state index contributed by atoms with van der Waals surface area (Å²) >= 11 is 0. The molecule has 0 atom stereocenters. The second-order valence-electron chi connectivity index (χ2n) is 4.24. The zero-order chi connectivity index (χ0) is 14.4. The Labute approximate surface area is 116 Å². The number of benzene rings is 2. The smallest absolute Gasteiger partial charge is 0.319 e. The fourth-order valence-corrected chi connectivity index (χ4v) is 1.80. The molecule has 2 amide bonds. The van der Waals surface area contributed by atoms with Gasteiger partial charge in [-0.1, -0.05) is 30.3 Å². The third-order valence-corrected chi connectivity index (χ3v) is 2.81. The topological polar surface area (TPSA) is 61.4 Å². The number of urea groups is 1. The van der Waals surface area contributed by atoms with Crippen molar-refractivity contribution < 1.29 is 14.3 Å². The van der Waals surface area contributed by atoms with Gasteiger partial charge in [0.15, 0.2) is 0 Å². The fourth-order valence-electron chi connectivity index (χ4n) is 1.80. The van der Waals surface area contributed by atoms with E-state index in [9.17, 15) is 14.3 Å². The summed E-state index contributed by atoms with van der Waals surface area (Å²) in [6.07, 6.45) is 0. The summed E-state index contributed by atoms with van der Waals surface area (Å²) in [4.78, 5) is 11.7. The molecule has 0 saturated carbocycles. The van der Waals surface area contributed by atoms with Crippen LogP contribution in [-0.2, 0) is 13.2 Å². The number of rotatable bonds is 4. The van der Waals surface area contributed by atoms with E-state index in [1.807, 2.05) is 18.2 Å². The Morgan fingerprint density at radius 1 is 1.10 bits per heavy atom. The molecule has 5 heteroatoms. The first-order valence-electron chi connectivity index (χ1n) is 6.17. The first kappa shape index (κ1) is 14.0. The van der Waals surface area contributed by atoms with E-state index >= 15 is 0 Å². The van der Waals surface area contributed by atoms with Gasteiger partial charge in [-0.25, -0.2) is 9.18 Å². The van der Waals surface area contributed by atoms with Crippen LogP contribution in [0.25, 0.3) is 0 Å². The number of halogens is 1. The molecule has 0 aromatic heterocycles. The first-order chi connectivity index (χ1) is 9.69. The van der Waals surface area contributed by atoms with E-state index in [1.165, 1.54) is 18.2 Å². The van der Waals surface area contributed by atoms with Gasteiger partial charge in [-0.15, -0.1) is 0 Å². The van der Waals surface area contributed by atoms with Crippen molar-refractivity contribution in [2.75, 3.05) is 5.32 Å². The molecule has 3 N–H and O–H groups in total. The summed E-state index contributed by atoms with van der Waals surface area (Å²) in [6.45, 7) is 0.210. The third-order valence-electron chi connectivity index (χ3n) is 2.81. The van der Waals surface area contributed by atoms with Gasteiger partial charge in [0.1, 0.15) is 5.82 Å². The number of anilines is 1. The standard InChI is InChI=1S/C15H15FN2O2/c16-13-6-3-7-14(8-13)18-15(20)17-9-11-4-1-2-5-12(11)10-19/h1-8,19H,9-10H2,(H2,17,18,20). The van der Waals surface area contributed by atoms with E-state index in [2.05, 4.69) is 10.6 Å². The second-order valence-corrected chi connectivity index (χ2v) is 4.24. The number of hydrogen-bond acceptors (Lipinski definition) is 2. The Balaban J connectivity index is 1.92. The van der Waals surface area contributed by atoms with Crippen molar-refractivity contribution in [3.05, 3.63) is 65.5 Å². The van der Waals surface area contributed by atoms with Crippen molar-refractivity contribution in [1.82, 2.24) is 5.32 Å². The average Bonchev–Trinajstić information content (AvgIpc) is 2.45. The molecular weight excluding hydrogens is 259 g/mol. The minimum absolute atomic E-state index is 0.0800. The van der Waals surface area contributed by atoms with E-state index in [0.717, 1.165) is 11.1 Å². The predicted molar refractivity (Wildman–Crippen MR) is 74.6 cm³/mol. The Bertz CT molecular complexity index is 602. The summed E-state index contributed by atoms with van der Waals surface area (Å²) in [7, 11) is 0. The lowest BCUT2D eigenvalue weighted by Gasteiger charge is -2.10.